The number of rotatable bonds is 4. The molecule has 0 heterocycles. The van der Waals surface area contributed by atoms with Gasteiger partial charge in [-0.25, -0.2) is 0 Å². The summed E-state index contributed by atoms with van der Waals surface area (Å²) in [4.78, 5) is 0. The molecule has 8 aromatic rings. The van der Waals surface area contributed by atoms with Crippen LogP contribution in [0.4, 0.5) is 0 Å². The van der Waals surface area contributed by atoms with Crippen LogP contribution in [-0.4, -0.2) is 13.3 Å². The van der Waals surface area contributed by atoms with Gasteiger partial charge in [0.1, 0.15) is 0 Å². The van der Waals surface area contributed by atoms with Gasteiger partial charge in [0.05, 0.1) is 0 Å². The summed E-state index contributed by atoms with van der Waals surface area (Å²) >= 11 is -5.01. The maximum absolute atomic E-state index is 5.01. The average Bonchev–Trinajstić information content (AvgIpc) is 1.64. The molecule has 12 rings (SSSR count). The first-order valence-corrected chi connectivity index (χ1v) is 39.0. The summed E-state index contributed by atoms with van der Waals surface area (Å²) in [5.41, 5.74) is 32.8. The zero-order chi connectivity index (χ0) is 67.0. The van der Waals surface area contributed by atoms with Gasteiger partial charge < -0.3 is 0 Å². The Balaban J connectivity index is 1.44. The monoisotopic (exact) mass is 1270 g/mol. The molecule has 1 heteroatoms. The predicted molar refractivity (Wildman–Crippen MR) is 401 cm³/mol. The zero-order valence-electron chi connectivity index (χ0n) is 62.3. The molecule has 0 radical (unpaired) electrons. The van der Waals surface area contributed by atoms with Gasteiger partial charge in [0.2, 0.25) is 0 Å². The van der Waals surface area contributed by atoms with E-state index >= 15 is 0 Å². The molecule has 0 N–H and O–H groups in total. The van der Waals surface area contributed by atoms with E-state index in [0.29, 0.717) is 0 Å². The third-order valence-corrected chi connectivity index (χ3v) is 33.0. The summed E-state index contributed by atoms with van der Waals surface area (Å²) in [6.07, 6.45) is 0.936. The number of fused-ring (bicyclic) bond motifs is 12. The van der Waals surface area contributed by atoms with Gasteiger partial charge >= 0.3 is 559 Å². The molecule has 8 aromatic carbocycles. The van der Waals surface area contributed by atoms with Crippen LogP contribution in [0.25, 0.3) is 44.5 Å². The Bertz CT molecular complexity index is 4230. The van der Waals surface area contributed by atoms with Crippen LogP contribution in [0.15, 0.2) is 121 Å². The van der Waals surface area contributed by atoms with Gasteiger partial charge in [0.25, 0.3) is 0 Å². The molecule has 4 aliphatic carbocycles. The van der Waals surface area contributed by atoms with Crippen LogP contribution in [0.3, 0.4) is 0 Å². The number of hydrogen-bond acceptors (Lipinski definition) is 0. The van der Waals surface area contributed by atoms with Crippen molar-refractivity contribution in [3.05, 3.63) is 210 Å². The Labute approximate surface area is 555 Å². The Morgan fingerprint density at radius 2 is 0.538 bits per heavy atom. The van der Waals surface area contributed by atoms with Crippen molar-refractivity contribution >= 4 is 30.8 Å². The summed E-state index contributed by atoms with van der Waals surface area (Å²) in [6, 6.07) is 53.1. The van der Waals surface area contributed by atoms with Gasteiger partial charge in [-0.2, -0.15) is 0 Å². The van der Waals surface area contributed by atoms with Crippen molar-refractivity contribution in [1.82, 2.24) is 0 Å². The molecular formula is C90H112Ge. The molecule has 0 unspecified atom stereocenters. The first-order chi connectivity index (χ1) is 41.4. The van der Waals surface area contributed by atoms with E-state index in [1.54, 1.807) is 17.6 Å². The Hall–Kier alpha value is -5.70. The molecule has 0 saturated heterocycles. The van der Waals surface area contributed by atoms with Crippen molar-refractivity contribution in [2.45, 2.75) is 274 Å². The van der Waals surface area contributed by atoms with Crippen LogP contribution in [0.5, 0.6) is 0 Å². The Morgan fingerprint density at radius 3 is 0.923 bits per heavy atom. The van der Waals surface area contributed by atoms with Crippen LogP contribution in [0.1, 0.15) is 297 Å². The van der Waals surface area contributed by atoms with Gasteiger partial charge in [-0.1, -0.05) is 0 Å². The third-order valence-electron chi connectivity index (χ3n) is 22.8. The van der Waals surface area contributed by atoms with Gasteiger partial charge in [-0.15, -0.1) is 0 Å². The van der Waals surface area contributed by atoms with Crippen LogP contribution in [0.2, 0.25) is 0 Å². The van der Waals surface area contributed by atoms with Gasteiger partial charge in [0.15, 0.2) is 0 Å². The molecular weight excluding hydrogens is 1150 g/mol. The molecule has 0 saturated carbocycles. The summed E-state index contributed by atoms with van der Waals surface area (Å²) in [5.74, 6) is 0. The summed E-state index contributed by atoms with van der Waals surface area (Å²) in [6.45, 7) is 74.2. The van der Waals surface area contributed by atoms with Crippen LogP contribution in [-0.2, 0) is 66.0 Å². The van der Waals surface area contributed by atoms with Gasteiger partial charge in [-0.3, -0.25) is 0 Å². The maximum atomic E-state index is 2.91. The molecule has 0 atom stereocenters. The van der Waals surface area contributed by atoms with Crippen molar-refractivity contribution < 1.29 is 0 Å². The normalized spacial score (nSPS) is 16.5. The zero-order valence-corrected chi connectivity index (χ0v) is 64.4. The van der Waals surface area contributed by atoms with E-state index in [1.165, 1.54) is 134 Å². The second-order valence-electron chi connectivity index (χ2n) is 38.8. The molecule has 0 bridgehead atoms. The minimum atomic E-state index is -5.01. The predicted octanol–water partition coefficient (Wildman–Crippen LogP) is 21.9. The molecule has 476 valence electrons. The van der Waals surface area contributed by atoms with E-state index in [2.05, 4.69) is 329 Å². The van der Waals surface area contributed by atoms with Crippen molar-refractivity contribution in [2.75, 3.05) is 0 Å². The summed E-state index contributed by atoms with van der Waals surface area (Å²) in [7, 11) is 0. The quantitative estimate of drug-likeness (QED) is 0.154. The summed E-state index contributed by atoms with van der Waals surface area (Å²) in [5, 5.41) is 0. The van der Waals surface area contributed by atoms with Crippen LogP contribution >= 0.6 is 0 Å². The third kappa shape index (κ3) is 10.1. The molecule has 91 heavy (non-hydrogen) atoms. The fraction of sp³-hybridized carbons (Fsp3) is 0.467. The van der Waals surface area contributed by atoms with Crippen molar-refractivity contribution in [2.24, 2.45) is 0 Å². The molecule has 0 amide bonds. The number of hydrogen-bond donors (Lipinski definition) is 0. The fourth-order valence-corrected chi connectivity index (χ4v) is 29.8. The first kappa shape index (κ1) is 65.4. The Kier molecular flexibility index (Phi) is 14.3. The second-order valence-corrected chi connectivity index (χ2v) is 46.5. The van der Waals surface area contributed by atoms with E-state index in [4.69, 9.17) is 0 Å². The molecule has 4 aliphatic rings. The standard InChI is InChI=1S/C90H112Ge/c1-80(2,3)54-31-35-60-52(40-54)39-53-41-70(86(19,20)21)74(49-64(53)60)91(75-50-65-61-36-32-55(81(4,5)6)42-66(61)88(25,26)69(65)51-71(75)87(22,23)24,76-47-58(84(13,14)15)45-72-78(76)62-37-33-56(82(7,8)9)43-67(62)89(72,27)28)77-48-59(85(16,17)18)46-73-79(77)63-38-34-57(83(10,11)12)44-68(63)90(73,29)30/h31-38,40-51H,39H2,1-30H3. The van der Waals surface area contributed by atoms with Crippen LogP contribution in [0, 0.1) is 0 Å². The first-order valence-electron chi connectivity index (χ1n) is 34.8. The van der Waals surface area contributed by atoms with Crippen molar-refractivity contribution in [3.63, 3.8) is 0 Å². The van der Waals surface area contributed by atoms with E-state index in [1.807, 2.05) is 0 Å². The van der Waals surface area contributed by atoms with E-state index in [9.17, 15) is 0 Å². The second kappa shape index (κ2) is 19.9. The summed E-state index contributed by atoms with van der Waals surface area (Å²) < 4.78 is 6.34. The van der Waals surface area contributed by atoms with E-state index in [0.717, 1.165) is 6.42 Å². The molecule has 0 fully saturated rings. The average molecular weight is 1270 g/mol. The van der Waals surface area contributed by atoms with Crippen molar-refractivity contribution in [1.29, 1.82) is 0 Å². The molecule has 0 nitrogen and oxygen atoms in total. The minimum absolute atomic E-state index is 0.00227. The SMILES string of the molecule is CC(C)(C)c1ccc2c(c1)Cc1cc(C(C)(C)C)[c]([Ge]([c]3cc4c(cc3C(C)(C)C)C(C)(C)c3cc(C(C)(C)C)ccc3-4)([c]3cc(C(C)(C)C)cc4c3-c3ccc(C(C)(C)C)cc3C4(C)C)[c]3cc(C(C)(C)C)cc4c3-c3ccc(C(C)(C)C)cc3C4(C)C)cc1-2. The van der Waals surface area contributed by atoms with E-state index in [-0.39, 0.29) is 59.6 Å². The molecule has 0 aromatic heterocycles. The topological polar surface area (TPSA) is 0 Å². The molecule has 0 aliphatic heterocycles. The van der Waals surface area contributed by atoms with Crippen LogP contribution < -0.4 is 17.6 Å². The van der Waals surface area contributed by atoms with Gasteiger partial charge in [0, 0.05) is 0 Å². The number of benzene rings is 8. The fourth-order valence-electron chi connectivity index (χ4n) is 16.8. The Morgan fingerprint density at radius 1 is 0.242 bits per heavy atom. The van der Waals surface area contributed by atoms with Gasteiger partial charge in [-0.05, 0) is 0 Å². The van der Waals surface area contributed by atoms with Crippen molar-refractivity contribution in [3.8, 4) is 44.5 Å². The van der Waals surface area contributed by atoms with E-state index < -0.39 is 13.3 Å². The molecule has 0 spiro atoms.